The van der Waals surface area contributed by atoms with Crippen molar-refractivity contribution in [2.75, 3.05) is 4.90 Å². The lowest BCUT2D eigenvalue weighted by Crippen LogP contribution is -2.28. The van der Waals surface area contributed by atoms with E-state index in [-0.39, 0.29) is 0 Å². The summed E-state index contributed by atoms with van der Waals surface area (Å²) in [5.74, 6) is 0. The van der Waals surface area contributed by atoms with E-state index in [0.29, 0.717) is 0 Å². The summed E-state index contributed by atoms with van der Waals surface area (Å²) in [6.45, 7) is 0. The molecular formula is C65H44N2. The molecule has 0 saturated heterocycles. The van der Waals surface area contributed by atoms with Crippen LogP contribution in [-0.4, -0.2) is 4.57 Å². The summed E-state index contributed by atoms with van der Waals surface area (Å²) in [5, 5.41) is 4.86. The van der Waals surface area contributed by atoms with Gasteiger partial charge >= 0.3 is 0 Å². The minimum absolute atomic E-state index is 0.538. The molecule has 0 atom stereocenters. The van der Waals surface area contributed by atoms with Crippen molar-refractivity contribution < 1.29 is 0 Å². The minimum Gasteiger partial charge on any atom is -0.309 e. The third-order valence-corrected chi connectivity index (χ3v) is 14.1. The van der Waals surface area contributed by atoms with Crippen LogP contribution >= 0.6 is 0 Å². The van der Waals surface area contributed by atoms with Crippen molar-refractivity contribution >= 4 is 49.6 Å². The molecule has 1 aliphatic rings. The van der Waals surface area contributed by atoms with Crippen LogP contribution in [0.25, 0.3) is 71.6 Å². The molecule has 2 nitrogen and oxygen atoms in total. The molecule has 0 bridgehead atoms. The van der Waals surface area contributed by atoms with Crippen LogP contribution in [0.4, 0.5) is 17.1 Å². The average molecular weight is 853 g/mol. The van der Waals surface area contributed by atoms with Crippen molar-refractivity contribution in [2.45, 2.75) is 5.41 Å². The molecule has 0 amide bonds. The number of para-hydroxylation sites is 3. The Morgan fingerprint density at radius 1 is 0.299 bits per heavy atom. The quantitative estimate of drug-likeness (QED) is 0.148. The highest BCUT2D eigenvalue weighted by atomic mass is 15.1. The smallest absolute Gasteiger partial charge is 0.0714 e. The van der Waals surface area contributed by atoms with Crippen molar-refractivity contribution in [2.24, 2.45) is 0 Å². The van der Waals surface area contributed by atoms with E-state index in [4.69, 9.17) is 0 Å². The van der Waals surface area contributed by atoms with Crippen molar-refractivity contribution in [3.05, 3.63) is 289 Å². The van der Waals surface area contributed by atoms with Gasteiger partial charge in [0.15, 0.2) is 0 Å². The fraction of sp³-hybridized carbons (Fsp3) is 0.0154. The van der Waals surface area contributed by atoms with Crippen molar-refractivity contribution in [1.82, 2.24) is 4.57 Å². The van der Waals surface area contributed by atoms with E-state index < -0.39 is 5.41 Å². The topological polar surface area (TPSA) is 8.17 Å². The molecule has 1 aliphatic carbocycles. The molecule has 67 heavy (non-hydrogen) atoms. The number of hydrogen-bond donors (Lipinski definition) is 0. The Labute approximate surface area is 390 Å². The Balaban J connectivity index is 1.06. The summed E-state index contributed by atoms with van der Waals surface area (Å²) in [6.07, 6.45) is 0. The zero-order valence-corrected chi connectivity index (χ0v) is 36.8. The summed E-state index contributed by atoms with van der Waals surface area (Å²) in [6, 6.07) is 98.2. The maximum atomic E-state index is 2.51. The first-order chi connectivity index (χ1) is 33.3. The first-order valence-corrected chi connectivity index (χ1v) is 23.2. The maximum Gasteiger partial charge on any atom is 0.0714 e. The van der Waals surface area contributed by atoms with E-state index in [2.05, 4.69) is 276 Å². The highest BCUT2D eigenvalue weighted by Crippen LogP contribution is 2.58. The predicted octanol–water partition coefficient (Wildman–Crippen LogP) is 17.1. The Bertz CT molecular complexity index is 3760. The second-order valence-electron chi connectivity index (χ2n) is 17.6. The van der Waals surface area contributed by atoms with E-state index in [1.165, 1.54) is 82.6 Å². The fourth-order valence-electron chi connectivity index (χ4n) is 11.2. The van der Waals surface area contributed by atoms with Crippen LogP contribution in [0.15, 0.2) is 267 Å². The molecule has 1 aromatic heterocycles. The van der Waals surface area contributed by atoms with E-state index in [1.807, 2.05) is 0 Å². The number of fused-ring (bicyclic) bond motifs is 7. The highest BCUT2D eigenvalue weighted by molar-refractivity contribution is 6.13. The predicted molar refractivity (Wildman–Crippen MR) is 281 cm³/mol. The summed E-state index contributed by atoms with van der Waals surface area (Å²) in [7, 11) is 0. The van der Waals surface area contributed by atoms with Gasteiger partial charge in [-0.05, 0) is 110 Å². The van der Waals surface area contributed by atoms with Gasteiger partial charge in [0.2, 0.25) is 0 Å². The monoisotopic (exact) mass is 852 g/mol. The van der Waals surface area contributed by atoms with Crippen molar-refractivity contribution in [3.63, 3.8) is 0 Å². The first-order valence-electron chi connectivity index (χ1n) is 23.2. The van der Waals surface area contributed by atoms with E-state index in [0.717, 1.165) is 28.3 Å². The number of rotatable bonds is 8. The number of anilines is 3. The molecule has 0 spiro atoms. The molecule has 314 valence electrons. The average Bonchev–Trinajstić information content (AvgIpc) is 3.90. The molecule has 12 aromatic rings. The molecular weight excluding hydrogens is 809 g/mol. The Morgan fingerprint density at radius 3 is 1.60 bits per heavy atom. The second kappa shape index (κ2) is 15.8. The fourth-order valence-corrected chi connectivity index (χ4v) is 11.2. The van der Waals surface area contributed by atoms with Crippen molar-refractivity contribution in [1.29, 1.82) is 0 Å². The van der Waals surface area contributed by atoms with E-state index in [1.54, 1.807) is 0 Å². The van der Waals surface area contributed by atoms with Gasteiger partial charge in [-0.25, -0.2) is 0 Å². The molecule has 11 aromatic carbocycles. The van der Waals surface area contributed by atoms with Gasteiger partial charge in [-0.2, -0.15) is 0 Å². The third kappa shape index (κ3) is 6.04. The molecule has 0 aliphatic heterocycles. The van der Waals surface area contributed by atoms with Gasteiger partial charge in [0.05, 0.1) is 27.8 Å². The number of hydrogen-bond acceptors (Lipinski definition) is 1. The second-order valence-corrected chi connectivity index (χ2v) is 17.6. The van der Waals surface area contributed by atoms with Gasteiger partial charge < -0.3 is 9.47 Å². The Morgan fingerprint density at radius 2 is 0.851 bits per heavy atom. The Hall–Kier alpha value is -8.72. The van der Waals surface area contributed by atoms with Crippen molar-refractivity contribution in [3.8, 4) is 39.1 Å². The number of nitrogens with zero attached hydrogens (tertiary/aromatic N) is 2. The lowest BCUT2D eigenvalue weighted by molar-refractivity contribution is 0.768. The maximum absolute atomic E-state index is 2.51. The lowest BCUT2D eigenvalue weighted by atomic mass is 9.67. The van der Waals surface area contributed by atoms with E-state index >= 15 is 0 Å². The molecule has 0 N–H and O–H groups in total. The molecule has 13 rings (SSSR count). The summed E-state index contributed by atoms with van der Waals surface area (Å²) in [5.41, 5.74) is 18.7. The molecule has 0 unspecified atom stereocenters. The number of aromatic nitrogens is 1. The summed E-state index contributed by atoms with van der Waals surface area (Å²) in [4.78, 5) is 2.51. The zero-order valence-electron chi connectivity index (χ0n) is 36.8. The van der Waals surface area contributed by atoms with Gasteiger partial charge in [0.25, 0.3) is 0 Å². The third-order valence-electron chi connectivity index (χ3n) is 14.1. The van der Waals surface area contributed by atoms with Crippen LogP contribution in [0, 0.1) is 0 Å². The largest absolute Gasteiger partial charge is 0.309 e. The summed E-state index contributed by atoms with van der Waals surface area (Å²) < 4.78 is 2.39. The minimum atomic E-state index is -0.538. The Kier molecular flexibility index (Phi) is 9.11. The van der Waals surface area contributed by atoms with Crippen LogP contribution in [0.2, 0.25) is 0 Å². The molecule has 0 fully saturated rings. The van der Waals surface area contributed by atoms with Gasteiger partial charge in [-0.15, -0.1) is 0 Å². The molecule has 0 radical (unpaired) electrons. The molecule has 2 heteroatoms. The van der Waals surface area contributed by atoms with Gasteiger partial charge in [-0.1, -0.05) is 212 Å². The first kappa shape index (κ1) is 38.7. The normalized spacial score (nSPS) is 12.6. The van der Waals surface area contributed by atoms with Crippen LogP contribution in [0.1, 0.15) is 22.3 Å². The van der Waals surface area contributed by atoms with Gasteiger partial charge in [-0.3, -0.25) is 0 Å². The molecule has 1 heterocycles. The van der Waals surface area contributed by atoms with E-state index in [9.17, 15) is 0 Å². The molecule has 0 saturated carbocycles. The zero-order chi connectivity index (χ0) is 44.3. The van der Waals surface area contributed by atoms with Crippen LogP contribution in [-0.2, 0) is 5.41 Å². The standard InChI is InChI=1S/C65H44N2/c1-5-21-45(22-6-1)52-29-16-19-35-61(52)67(50-38-39-55-54-31-15-18-34-59(54)65(60(55)44-50,47-23-7-2-8-24-47)48-25-9-3-10-26-48)63-42-40-51(53-30-13-14-32-56(53)63)46-37-41-64-58(43-46)57-33-17-20-36-62(57)66(64)49-27-11-4-12-28-49/h1-44H. The lowest BCUT2D eigenvalue weighted by Gasteiger charge is -2.35. The van der Waals surface area contributed by atoms with Crippen LogP contribution < -0.4 is 4.90 Å². The SMILES string of the molecule is c1ccc(-c2ccccc2N(c2ccc3c(c2)C(c2ccccc2)(c2ccccc2)c2ccccc2-3)c2ccc(-c3ccc4c(c3)c3ccccc3n4-c3ccccc3)c3ccccc23)cc1. The van der Waals surface area contributed by atoms with Crippen LogP contribution in [0.5, 0.6) is 0 Å². The van der Waals surface area contributed by atoms with Gasteiger partial charge in [0, 0.05) is 33.1 Å². The summed E-state index contributed by atoms with van der Waals surface area (Å²) >= 11 is 0. The highest BCUT2D eigenvalue weighted by Gasteiger charge is 2.46. The van der Waals surface area contributed by atoms with Gasteiger partial charge in [0.1, 0.15) is 0 Å². The van der Waals surface area contributed by atoms with Crippen LogP contribution in [0.3, 0.4) is 0 Å². The number of benzene rings is 11.